The molecule has 1 aromatic carbocycles. The first-order valence-corrected chi connectivity index (χ1v) is 5.76. The van der Waals surface area contributed by atoms with Crippen molar-refractivity contribution in [2.45, 2.75) is 25.7 Å². The average molecular weight is 237 g/mol. The van der Waals surface area contributed by atoms with Crippen LogP contribution in [0.4, 0.5) is 4.39 Å². The lowest BCUT2D eigenvalue weighted by molar-refractivity contribution is 0.628. The molecule has 0 spiro atoms. The Kier molecular flexibility index (Phi) is 2.28. The second kappa shape index (κ2) is 3.67. The molecule has 0 radical (unpaired) electrons. The number of hydrogen-bond acceptors (Lipinski definition) is 2. The smallest absolute Gasteiger partial charge is 0.144 e. The predicted octanol–water partition coefficient (Wildman–Crippen LogP) is 3.30. The van der Waals surface area contributed by atoms with Crippen LogP contribution in [0, 0.1) is 5.82 Å². The van der Waals surface area contributed by atoms with Gasteiger partial charge in [0.15, 0.2) is 0 Å². The molecule has 0 amide bonds. The predicted molar refractivity (Wildman–Crippen MR) is 61.1 cm³/mol. The first-order chi connectivity index (χ1) is 7.74. The second-order valence-electron chi connectivity index (χ2n) is 4.08. The zero-order valence-corrected chi connectivity index (χ0v) is 9.39. The van der Waals surface area contributed by atoms with E-state index in [1.807, 2.05) is 0 Å². The van der Waals surface area contributed by atoms with Crippen LogP contribution in [0.15, 0.2) is 12.1 Å². The minimum absolute atomic E-state index is 0.109. The summed E-state index contributed by atoms with van der Waals surface area (Å²) in [4.78, 5) is 8.96. The van der Waals surface area contributed by atoms with Gasteiger partial charge in [0.05, 0.1) is 27.4 Å². The minimum Gasteiger partial charge on any atom is -0.249 e. The molecule has 2 aromatic rings. The zero-order chi connectivity index (χ0) is 11.1. The van der Waals surface area contributed by atoms with Crippen LogP contribution in [-0.2, 0) is 12.8 Å². The van der Waals surface area contributed by atoms with Gasteiger partial charge in [-0.25, -0.2) is 14.4 Å². The maximum Gasteiger partial charge on any atom is 0.144 e. The molecule has 3 rings (SSSR count). The van der Waals surface area contributed by atoms with Gasteiger partial charge in [-0.1, -0.05) is 11.6 Å². The van der Waals surface area contributed by atoms with E-state index < -0.39 is 5.82 Å². The molecule has 0 fully saturated rings. The van der Waals surface area contributed by atoms with Crippen molar-refractivity contribution in [1.29, 1.82) is 0 Å². The summed E-state index contributed by atoms with van der Waals surface area (Å²) in [5, 5.41) is 0.109. The van der Waals surface area contributed by atoms with Crippen LogP contribution in [-0.4, -0.2) is 9.97 Å². The Bertz CT molecular complexity index is 518. The van der Waals surface area contributed by atoms with Gasteiger partial charge in [0.2, 0.25) is 0 Å². The van der Waals surface area contributed by atoms with Crippen LogP contribution in [0.2, 0.25) is 5.02 Å². The van der Waals surface area contributed by atoms with Crippen molar-refractivity contribution in [3.8, 4) is 0 Å². The monoisotopic (exact) mass is 236 g/mol. The molecule has 0 saturated carbocycles. The molecule has 1 aliphatic carbocycles. The van der Waals surface area contributed by atoms with Crippen molar-refractivity contribution in [3.63, 3.8) is 0 Å². The van der Waals surface area contributed by atoms with Gasteiger partial charge in [-0.05, 0) is 31.7 Å². The van der Waals surface area contributed by atoms with Gasteiger partial charge in [-0.3, -0.25) is 0 Å². The second-order valence-corrected chi connectivity index (χ2v) is 4.49. The van der Waals surface area contributed by atoms with Crippen molar-refractivity contribution < 1.29 is 4.39 Å². The highest BCUT2D eigenvalue weighted by atomic mass is 35.5. The van der Waals surface area contributed by atoms with E-state index in [4.69, 9.17) is 11.6 Å². The van der Waals surface area contributed by atoms with E-state index >= 15 is 0 Å². The maximum atomic E-state index is 13.3. The van der Waals surface area contributed by atoms with Crippen LogP contribution < -0.4 is 0 Å². The van der Waals surface area contributed by atoms with E-state index in [2.05, 4.69) is 9.97 Å². The summed E-state index contributed by atoms with van der Waals surface area (Å²) in [7, 11) is 0. The molecule has 1 aliphatic rings. The van der Waals surface area contributed by atoms with Crippen molar-refractivity contribution in [3.05, 3.63) is 34.4 Å². The zero-order valence-electron chi connectivity index (χ0n) is 8.63. The Morgan fingerprint density at radius 1 is 1.00 bits per heavy atom. The fourth-order valence-corrected chi connectivity index (χ4v) is 2.27. The topological polar surface area (TPSA) is 25.8 Å². The number of halogens is 2. The highest BCUT2D eigenvalue weighted by molar-refractivity contribution is 6.31. The highest BCUT2D eigenvalue weighted by Gasteiger charge is 2.14. The van der Waals surface area contributed by atoms with Gasteiger partial charge in [0.25, 0.3) is 0 Å². The Labute approximate surface area is 97.5 Å². The first-order valence-electron chi connectivity index (χ1n) is 5.38. The summed E-state index contributed by atoms with van der Waals surface area (Å²) in [5.74, 6) is -0.431. The van der Waals surface area contributed by atoms with E-state index in [1.165, 1.54) is 6.07 Å². The van der Waals surface area contributed by atoms with Crippen LogP contribution >= 0.6 is 11.6 Å². The number of nitrogens with zero attached hydrogens (tertiary/aromatic N) is 2. The molecular formula is C12H10ClFN2. The molecule has 2 nitrogen and oxygen atoms in total. The highest BCUT2D eigenvalue weighted by Crippen LogP contribution is 2.24. The average Bonchev–Trinajstić information content (AvgIpc) is 2.28. The number of hydrogen-bond donors (Lipinski definition) is 0. The van der Waals surface area contributed by atoms with Gasteiger partial charge in [-0.2, -0.15) is 0 Å². The molecule has 0 saturated heterocycles. The van der Waals surface area contributed by atoms with Crippen LogP contribution in [0.25, 0.3) is 11.0 Å². The molecule has 0 unspecified atom stereocenters. The summed E-state index contributed by atoms with van der Waals surface area (Å²) in [5.41, 5.74) is 3.34. The molecular weight excluding hydrogens is 227 g/mol. The molecule has 1 heterocycles. The largest absolute Gasteiger partial charge is 0.249 e. The molecule has 0 N–H and O–H groups in total. The fraction of sp³-hybridized carbons (Fsp3) is 0.333. The third-order valence-electron chi connectivity index (χ3n) is 2.94. The van der Waals surface area contributed by atoms with Crippen molar-refractivity contribution in [1.82, 2.24) is 9.97 Å². The lowest BCUT2D eigenvalue weighted by Gasteiger charge is -2.14. The maximum absolute atomic E-state index is 13.3. The van der Waals surface area contributed by atoms with E-state index in [0.717, 1.165) is 37.1 Å². The fourth-order valence-electron chi connectivity index (χ4n) is 2.11. The van der Waals surface area contributed by atoms with Crippen LogP contribution in [0.1, 0.15) is 24.2 Å². The third kappa shape index (κ3) is 1.55. The molecule has 16 heavy (non-hydrogen) atoms. The SMILES string of the molecule is Fc1cc2nc3c(nc2cc1Cl)CCCC3. The normalized spacial score (nSPS) is 15.1. The molecule has 1 aromatic heterocycles. The summed E-state index contributed by atoms with van der Waals surface area (Å²) in [6, 6.07) is 2.91. The molecule has 0 atom stereocenters. The van der Waals surface area contributed by atoms with E-state index in [1.54, 1.807) is 6.07 Å². The van der Waals surface area contributed by atoms with E-state index in [9.17, 15) is 4.39 Å². The van der Waals surface area contributed by atoms with Gasteiger partial charge in [0.1, 0.15) is 5.82 Å². The van der Waals surface area contributed by atoms with E-state index in [0.29, 0.717) is 11.0 Å². The number of rotatable bonds is 0. The van der Waals surface area contributed by atoms with Crippen molar-refractivity contribution >= 4 is 22.6 Å². The Balaban J connectivity index is 2.27. The lowest BCUT2D eigenvalue weighted by atomic mass is 10.0. The van der Waals surface area contributed by atoms with Gasteiger partial charge >= 0.3 is 0 Å². The molecule has 4 heteroatoms. The van der Waals surface area contributed by atoms with Gasteiger partial charge in [0, 0.05) is 6.07 Å². The Hall–Kier alpha value is -1.22. The van der Waals surface area contributed by atoms with Crippen molar-refractivity contribution in [2.24, 2.45) is 0 Å². The number of aryl methyl sites for hydroxylation is 2. The summed E-state index contributed by atoms with van der Waals surface area (Å²) in [6.07, 6.45) is 4.21. The molecule has 0 aliphatic heterocycles. The minimum atomic E-state index is -0.431. The summed E-state index contributed by atoms with van der Waals surface area (Å²) < 4.78 is 13.3. The van der Waals surface area contributed by atoms with Crippen molar-refractivity contribution in [2.75, 3.05) is 0 Å². The third-order valence-corrected chi connectivity index (χ3v) is 3.23. The molecule has 82 valence electrons. The number of fused-ring (bicyclic) bond motifs is 2. The standard InChI is InChI=1S/C12H10ClFN2/c13-7-5-11-12(6-8(7)14)16-10-4-2-1-3-9(10)15-11/h5-6H,1-4H2. The summed E-state index contributed by atoms with van der Waals surface area (Å²) in [6.45, 7) is 0. The van der Waals surface area contributed by atoms with Crippen LogP contribution in [0.5, 0.6) is 0 Å². The number of benzene rings is 1. The lowest BCUT2D eigenvalue weighted by Crippen LogP contribution is -2.08. The van der Waals surface area contributed by atoms with Gasteiger partial charge < -0.3 is 0 Å². The van der Waals surface area contributed by atoms with Gasteiger partial charge in [-0.15, -0.1) is 0 Å². The number of aromatic nitrogens is 2. The quantitative estimate of drug-likeness (QED) is 0.701. The Morgan fingerprint density at radius 2 is 1.56 bits per heavy atom. The van der Waals surface area contributed by atoms with E-state index in [-0.39, 0.29) is 5.02 Å². The summed E-state index contributed by atoms with van der Waals surface area (Å²) >= 11 is 5.73. The Morgan fingerprint density at radius 3 is 2.19 bits per heavy atom. The molecule has 0 bridgehead atoms. The first kappa shape index (κ1) is 9.97. The van der Waals surface area contributed by atoms with Crippen LogP contribution in [0.3, 0.4) is 0 Å².